The molecule has 4 rings (SSSR count). The molecule has 0 heterocycles. The van der Waals surface area contributed by atoms with Gasteiger partial charge in [-0.15, -0.1) is 0 Å². The Labute approximate surface area is 258 Å². The number of rotatable bonds is 10. The van der Waals surface area contributed by atoms with Crippen molar-refractivity contribution in [2.24, 2.45) is 0 Å². The van der Waals surface area contributed by atoms with Gasteiger partial charge in [0.05, 0.1) is 10.6 Å². The van der Waals surface area contributed by atoms with Crippen LogP contribution in [0.15, 0.2) is 71.6 Å². The highest BCUT2D eigenvalue weighted by Crippen LogP contribution is 2.29. The van der Waals surface area contributed by atoms with Gasteiger partial charge in [0.25, 0.3) is 10.0 Å². The Kier molecular flexibility index (Phi) is 10.6. The Hall–Kier alpha value is -3.07. The fourth-order valence-electron chi connectivity index (χ4n) is 5.15. The summed E-state index contributed by atoms with van der Waals surface area (Å²) in [6.07, 6.45) is 5.00. The number of carbonyl (C=O) groups is 2. The summed E-state index contributed by atoms with van der Waals surface area (Å²) < 4.78 is 29.1. The fourth-order valence-corrected chi connectivity index (χ4v) is 7.08. The Bertz CT molecular complexity index is 1500. The lowest BCUT2D eigenvalue weighted by atomic mass is 9.95. The highest BCUT2D eigenvalue weighted by molar-refractivity contribution is 7.92. The summed E-state index contributed by atoms with van der Waals surface area (Å²) in [5.41, 5.74) is 2.57. The van der Waals surface area contributed by atoms with Gasteiger partial charge in [-0.2, -0.15) is 0 Å². The van der Waals surface area contributed by atoms with Crippen molar-refractivity contribution >= 4 is 50.7 Å². The van der Waals surface area contributed by atoms with E-state index in [0.29, 0.717) is 21.3 Å². The number of aryl methyl sites for hydroxylation is 2. The second-order valence-corrected chi connectivity index (χ2v) is 13.6. The number of carbonyl (C=O) groups excluding carboxylic acids is 2. The molecule has 3 aromatic rings. The number of sulfonamides is 1. The number of halogens is 2. The van der Waals surface area contributed by atoms with Gasteiger partial charge in [-0.25, -0.2) is 8.42 Å². The molecule has 2 amide bonds. The van der Waals surface area contributed by atoms with Gasteiger partial charge in [0.2, 0.25) is 11.8 Å². The summed E-state index contributed by atoms with van der Waals surface area (Å²) in [6.45, 7) is 4.78. The Balaban J connectivity index is 1.71. The highest BCUT2D eigenvalue weighted by Gasteiger charge is 2.34. The van der Waals surface area contributed by atoms with Crippen LogP contribution in [0.5, 0.6) is 0 Å². The molecule has 1 fully saturated rings. The smallest absolute Gasteiger partial charge is 0.264 e. The highest BCUT2D eigenvalue weighted by atomic mass is 35.5. The van der Waals surface area contributed by atoms with Crippen molar-refractivity contribution in [2.45, 2.75) is 76.4 Å². The topological polar surface area (TPSA) is 86.8 Å². The molecular formula is C32H37Cl2N3O4S. The van der Waals surface area contributed by atoms with Crippen LogP contribution in [0.2, 0.25) is 10.0 Å². The van der Waals surface area contributed by atoms with Crippen LogP contribution in [-0.2, 0) is 26.2 Å². The van der Waals surface area contributed by atoms with Crippen molar-refractivity contribution in [2.75, 3.05) is 10.8 Å². The molecule has 1 N–H and O–H groups in total. The molecule has 1 aliphatic rings. The first-order valence-corrected chi connectivity index (χ1v) is 16.4. The zero-order valence-corrected chi connectivity index (χ0v) is 26.5. The molecule has 0 aliphatic heterocycles. The number of anilines is 1. The van der Waals surface area contributed by atoms with E-state index in [2.05, 4.69) is 5.32 Å². The van der Waals surface area contributed by atoms with E-state index in [1.807, 2.05) is 19.9 Å². The first kappa shape index (κ1) is 31.9. The zero-order chi connectivity index (χ0) is 30.4. The SMILES string of the molecule is Cc1ccc(S(=O)(=O)N(CC(=O)N(Cc2c(Cl)cccc2Cl)C(C)C(=O)NC2CCCCC2)c2cccc(C)c2)cc1. The van der Waals surface area contributed by atoms with Crippen molar-refractivity contribution in [3.63, 3.8) is 0 Å². The normalized spacial score (nSPS) is 14.7. The summed E-state index contributed by atoms with van der Waals surface area (Å²) >= 11 is 12.9. The summed E-state index contributed by atoms with van der Waals surface area (Å²) in [4.78, 5) is 29.0. The van der Waals surface area contributed by atoms with Crippen LogP contribution >= 0.6 is 23.2 Å². The maximum atomic E-state index is 14.2. The maximum Gasteiger partial charge on any atom is 0.264 e. The Morgan fingerprint density at radius 2 is 1.52 bits per heavy atom. The van der Waals surface area contributed by atoms with Crippen LogP contribution in [0.1, 0.15) is 55.7 Å². The lowest BCUT2D eigenvalue weighted by Crippen LogP contribution is -2.53. The van der Waals surface area contributed by atoms with Gasteiger partial charge in [0.15, 0.2) is 0 Å². The molecule has 1 aliphatic carbocycles. The van der Waals surface area contributed by atoms with E-state index in [9.17, 15) is 18.0 Å². The van der Waals surface area contributed by atoms with E-state index in [-0.39, 0.29) is 23.4 Å². The minimum absolute atomic E-state index is 0.0419. The number of amides is 2. The zero-order valence-electron chi connectivity index (χ0n) is 24.1. The van der Waals surface area contributed by atoms with E-state index < -0.39 is 28.5 Å². The average molecular weight is 631 g/mol. The molecule has 42 heavy (non-hydrogen) atoms. The van der Waals surface area contributed by atoms with E-state index in [1.54, 1.807) is 55.5 Å². The predicted octanol–water partition coefficient (Wildman–Crippen LogP) is 6.67. The molecule has 0 spiro atoms. The van der Waals surface area contributed by atoms with Crippen LogP contribution in [-0.4, -0.2) is 43.8 Å². The molecule has 3 aromatic carbocycles. The van der Waals surface area contributed by atoms with Gasteiger partial charge in [-0.1, -0.05) is 78.4 Å². The molecule has 1 saturated carbocycles. The molecule has 0 radical (unpaired) electrons. The predicted molar refractivity (Wildman–Crippen MR) is 168 cm³/mol. The first-order chi connectivity index (χ1) is 20.0. The Morgan fingerprint density at radius 1 is 0.905 bits per heavy atom. The van der Waals surface area contributed by atoms with Gasteiger partial charge in [-0.05, 0) is 75.6 Å². The van der Waals surface area contributed by atoms with Crippen LogP contribution in [0.4, 0.5) is 5.69 Å². The van der Waals surface area contributed by atoms with Crippen LogP contribution in [0, 0.1) is 13.8 Å². The monoisotopic (exact) mass is 629 g/mol. The molecule has 1 atom stereocenters. The number of nitrogens with one attached hydrogen (secondary N) is 1. The van der Waals surface area contributed by atoms with E-state index >= 15 is 0 Å². The fraction of sp³-hybridized carbons (Fsp3) is 0.375. The summed E-state index contributed by atoms with van der Waals surface area (Å²) in [5.74, 6) is -0.864. The molecule has 0 aromatic heterocycles. The first-order valence-electron chi connectivity index (χ1n) is 14.2. The third kappa shape index (κ3) is 7.65. The molecular weight excluding hydrogens is 593 g/mol. The number of benzene rings is 3. The Morgan fingerprint density at radius 3 is 2.14 bits per heavy atom. The maximum absolute atomic E-state index is 14.2. The average Bonchev–Trinajstić information content (AvgIpc) is 2.96. The van der Waals surface area contributed by atoms with E-state index in [1.165, 1.54) is 17.0 Å². The van der Waals surface area contributed by atoms with E-state index in [0.717, 1.165) is 47.5 Å². The summed E-state index contributed by atoms with van der Waals surface area (Å²) in [5, 5.41) is 3.79. The third-order valence-corrected chi connectivity index (χ3v) is 10.2. The van der Waals surface area contributed by atoms with Gasteiger partial charge in [-0.3, -0.25) is 13.9 Å². The van der Waals surface area contributed by atoms with Crippen LogP contribution in [0.3, 0.4) is 0 Å². The molecule has 1 unspecified atom stereocenters. The van der Waals surface area contributed by atoms with Crippen LogP contribution in [0.25, 0.3) is 0 Å². The van der Waals surface area contributed by atoms with Gasteiger partial charge >= 0.3 is 0 Å². The molecule has 10 heteroatoms. The summed E-state index contributed by atoms with van der Waals surface area (Å²) in [7, 11) is -4.14. The largest absolute Gasteiger partial charge is 0.352 e. The quantitative estimate of drug-likeness (QED) is 0.271. The van der Waals surface area contributed by atoms with Crippen LogP contribution < -0.4 is 9.62 Å². The lowest BCUT2D eigenvalue weighted by molar-refractivity contribution is -0.139. The van der Waals surface area contributed by atoms with Crippen molar-refractivity contribution in [1.29, 1.82) is 0 Å². The second-order valence-electron chi connectivity index (χ2n) is 10.9. The van der Waals surface area contributed by atoms with Crippen molar-refractivity contribution < 1.29 is 18.0 Å². The van der Waals surface area contributed by atoms with Gasteiger partial charge in [0, 0.05) is 28.2 Å². The van der Waals surface area contributed by atoms with E-state index in [4.69, 9.17) is 23.2 Å². The molecule has 7 nitrogen and oxygen atoms in total. The minimum atomic E-state index is -4.14. The van der Waals surface area contributed by atoms with Crippen molar-refractivity contribution in [3.05, 3.63) is 93.5 Å². The molecule has 0 bridgehead atoms. The van der Waals surface area contributed by atoms with Gasteiger partial charge in [0.1, 0.15) is 12.6 Å². The third-order valence-electron chi connectivity index (χ3n) is 7.69. The van der Waals surface area contributed by atoms with Gasteiger partial charge < -0.3 is 10.2 Å². The molecule has 0 saturated heterocycles. The number of nitrogens with zero attached hydrogens (tertiary/aromatic N) is 2. The standard InChI is InChI=1S/C32H37Cl2N3O4S/c1-22-15-17-27(18-16-22)42(40,41)37(26-12-7-9-23(2)19-26)21-31(38)36(20-28-29(33)13-8-14-30(28)34)24(3)32(39)35-25-10-5-4-6-11-25/h7-9,12-19,24-25H,4-6,10-11,20-21H2,1-3H3,(H,35,39). The second kappa shape index (κ2) is 13.9. The van der Waals surface area contributed by atoms with Crippen molar-refractivity contribution in [1.82, 2.24) is 10.2 Å². The minimum Gasteiger partial charge on any atom is -0.352 e. The van der Waals surface area contributed by atoms with Crippen molar-refractivity contribution in [3.8, 4) is 0 Å². The summed E-state index contributed by atoms with van der Waals surface area (Å²) in [6, 6.07) is 17.6. The molecule has 224 valence electrons. The number of hydrogen-bond acceptors (Lipinski definition) is 4. The number of hydrogen-bond donors (Lipinski definition) is 1. The lowest BCUT2D eigenvalue weighted by Gasteiger charge is -2.33.